The zero-order valence-corrected chi connectivity index (χ0v) is 20.4. The fourth-order valence-corrected chi connectivity index (χ4v) is 5.34. The van der Waals surface area contributed by atoms with Crippen LogP contribution in [0, 0.1) is 0 Å². The summed E-state index contributed by atoms with van der Waals surface area (Å²) >= 11 is 1.28. The lowest BCUT2D eigenvalue weighted by atomic mass is 10.2. The van der Waals surface area contributed by atoms with Crippen LogP contribution in [0.25, 0.3) is 10.2 Å². The molecule has 9 nitrogen and oxygen atoms in total. The zero-order chi connectivity index (χ0) is 25.0. The van der Waals surface area contributed by atoms with E-state index in [1.165, 1.54) is 62.0 Å². The van der Waals surface area contributed by atoms with Crippen LogP contribution in [0.1, 0.15) is 10.4 Å². The highest BCUT2D eigenvalue weighted by Crippen LogP contribution is 2.20. The average Bonchev–Trinajstić information content (AvgIpc) is 3.20. The number of ether oxygens (including phenoxy) is 2. The van der Waals surface area contributed by atoms with Crippen LogP contribution in [0.2, 0.25) is 0 Å². The number of aromatic nitrogens is 1. The van der Waals surface area contributed by atoms with Gasteiger partial charge in [0.2, 0.25) is 0 Å². The first-order valence-corrected chi connectivity index (χ1v) is 12.6. The molecule has 0 aliphatic rings. The van der Waals surface area contributed by atoms with Crippen molar-refractivity contribution >= 4 is 49.1 Å². The van der Waals surface area contributed by atoms with Crippen molar-refractivity contribution in [2.75, 3.05) is 18.9 Å². The number of sulfonamides is 1. The summed E-state index contributed by atoms with van der Waals surface area (Å²) in [5.74, 6) is -0.446. The van der Waals surface area contributed by atoms with Crippen LogP contribution in [0.5, 0.6) is 5.75 Å². The molecule has 4 aromatic rings. The summed E-state index contributed by atoms with van der Waals surface area (Å²) in [6.07, 6.45) is 0. The number of amides is 1. The lowest BCUT2D eigenvalue weighted by molar-refractivity contribution is -0.141. The molecule has 1 aromatic heterocycles. The molecule has 11 heteroatoms. The molecule has 1 heterocycles. The minimum atomic E-state index is -3.81. The van der Waals surface area contributed by atoms with Crippen LogP contribution in [-0.2, 0) is 26.1 Å². The molecule has 0 saturated carbocycles. The van der Waals surface area contributed by atoms with Crippen LogP contribution in [0.15, 0.2) is 82.7 Å². The number of methoxy groups -OCH3 is 2. The lowest BCUT2D eigenvalue weighted by Gasteiger charge is -2.09. The minimum absolute atomic E-state index is 0.0772. The maximum atomic E-state index is 12.8. The highest BCUT2D eigenvalue weighted by molar-refractivity contribution is 7.92. The quantitative estimate of drug-likeness (QED) is 0.380. The third kappa shape index (κ3) is 5.42. The number of hydrogen-bond donors (Lipinski definition) is 1. The number of benzene rings is 3. The van der Waals surface area contributed by atoms with E-state index in [1.807, 2.05) is 24.3 Å². The first-order valence-electron chi connectivity index (χ1n) is 10.3. The van der Waals surface area contributed by atoms with Gasteiger partial charge >= 0.3 is 5.97 Å². The second-order valence-electron chi connectivity index (χ2n) is 7.29. The molecule has 0 spiro atoms. The van der Waals surface area contributed by atoms with Gasteiger partial charge in [-0.1, -0.05) is 23.5 Å². The van der Waals surface area contributed by atoms with Gasteiger partial charge < -0.3 is 14.0 Å². The van der Waals surface area contributed by atoms with E-state index in [1.54, 1.807) is 16.7 Å². The van der Waals surface area contributed by atoms with Crippen molar-refractivity contribution in [2.24, 2.45) is 4.99 Å². The van der Waals surface area contributed by atoms with Crippen molar-refractivity contribution in [3.8, 4) is 5.75 Å². The molecule has 1 N–H and O–H groups in total. The normalized spacial score (nSPS) is 11.9. The van der Waals surface area contributed by atoms with Gasteiger partial charge in [0.15, 0.2) is 4.80 Å². The Morgan fingerprint density at radius 2 is 1.66 bits per heavy atom. The second kappa shape index (κ2) is 10.1. The molecule has 3 aromatic carbocycles. The molecular formula is C24H21N3O6S2. The maximum absolute atomic E-state index is 12.8. The zero-order valence-electron chi connectivity index (χ0n) is 18.8. The molecule has 0 atom stereocenters. The number of thiazole rings is 1. The Morgan fingerprint density at radius 3 is 2.31 bits per heavy atom. The average molecular weight is 512 g/mol. The summed E-state index contributed by atoms with van der Waals surface area (Å²) in [6.45, 7) is -0.0846. The van der Waals surface area contributed by atoms with Crippen molar-refractivity contribution < 1.29 is 27.5 Å². The number of fused-ring (bicyclic) bond motifs is 1. The summed E-state index contributed by atoms with van der Waals surface area (Å²) in [6, 6.07) is 19.3. The van der Waals surface area contributed by atoms with E-state index in [4.69, 9.17) is 9.47 Å². The van der Waals surface area contributed by atoms with Crippen molar-refractivity contribution in [3.05, 3.63) is 83.2 Å². The fraction of sp³-hybridized carbons (Fsp3) is 0.125. The monoisotopic (exact) mass is 511 g/mol. The van der Waals surface area contributed by atoms with Crippen LogP contribution in [-0.4, -0.2) is 39.1 Å². The van der Waals surface area contributed by atoms with Crippen molar-refractivity contribution in [1.29, 1.82) is 0 Å². The Morgan fingerprint density at radius 1 is 0.971 bits per heavy atom. The number of anilines is 1. The number of nitrogens with zero attached hydrogens (tertiary/aromatic N) is 2. The fourth-order valence-electron chi connectivity index (χ4n) is 3.25. The van der Waals surface area contributed by atoms with E-state index >= 15 is 0 Å². The highest BCUT2D eigenvalue weighted by atomic mass is 32.2. The maximum Gasteiger partial charge on any atom is 0.325 e. The SMILES string of the molecule is COC(=O)Cn1c(=NC(=O)c2ccc(NS(=O)(=O)c3ccc(OC)cc3)cc2)sc2ccccc21. The topological polar surface area (TPSA) is 116 Å². The lowest BCUT2D eigenvalue weighted by Crippen LogP contribution is -2.22. The number of hydrogen-bond acceptors (Lipinski definition) is 7. The number of nitrogens with one attached hydrogen (secondary N) is 1. The van der Waals surface area contributed by atoms with Gasteiger partial charge in [-0.15, -0.1) is 0 Å². The van der Waals surface area contributed by atoms with Gasteiger partial charge in [-0.3, -0.25) is 14.3 Å². The first kappa shape index (κ1) is 24.2. The van der Waals surface area contributed by atoms with E-state index in [-0.39, 0.29) is 17.0 Å². The summed E-state index contributed by atoms with van der Waals surface area (Å²) in [7, 11) is -1.02. The molecule has 0 bridgehead atoms. The van der Waals surface area contributed by atoms with Crippen LogP contribution in [0.4, 0.5) is 5.69 Å². The molecule has 180 valence electrons. The Labute approximate surface area is 205 Å². The van der Waals surface area contributed by atoms with E-state index in [2.05, 4.69) is 9.71 Å². The minimum Gasteiger partial charge on any atom is -0.497 e. The van der Waals surface area contributed by atoms with Crippen LogP contribution < -0.4 is 14.3 Å². The first-order chi connectivity index (χ1) is 16.8. The van der Waals surface area contributed by atoms with Gasteiger partial charge in [0, 0.05) is 11.3 Å². The largest absolute Gasteiger partial charge is 0.497 e. The van der Waals surface area contributed by atoms with E-state index in [0.717, 1.165) is 10.2 Å². The number of carbonyl (C=O) groups is 2. The Kier molecular flexibility index (Phi) is 6.99. The standard InChI is InChI=1S/C24H21N3O6S2/c1-32-18-11-13-19(14-12-18)35(30,31)26-17-9-7-16(8-10-17)23(29)25-24-27(15-22(28)33-2)20-5-3-4-6-21(20)34-24/h3-14,26H,15H2,1-2H3. The predicted molar refractivity (Wildman–Crippen MR) is 132 cm³/mol. The molecule has 0 fully saturated rings. The second-order valence-corrected chi connectivity index (χ2v) is 9.98. The molecule has 0 aliphatic heterocycles. The highest BCUT2D eigenvalue weighted by Gasteiger charge is 2.15. The van der Waals surface area contributed by atoms with E-state index < -0.39 is 21.9 Å². The van der Waals surface area contributed by atoms with Crippen molar-refractivity contribution in [2.45, 2.75) is 11.4 Å². The summed E-state index contributed by atoms with van der Waals surface area (Å²) in [5, 5.41) is 0. The Hall–Kier alpha value is -3.96. The summed E-state index contributed by atoms with van der Waals surface area (Å²) < 4.78 is 40.0. The van der Waals surface area contributed by atoms with E-state index in [9.17, 15) is 18.0 Å². The number of carbonyl (C=O) groups excluding carboxylic acids is 2. The number of para-hydroxylation sites is 1. The molecule has 4 rings (SSSR count). The summed E-state index contributed by atoms with van der Waals surface area (Å²) in [4.78, 5) is 29.4. The van der Waals surface area contributed by atoms with Gasteiger partial charge in [-0.05, 0) is 60.7 Å². The Bertz CT molecular complexity index is 1550. The molecule has 35 heavy (non-hydrogen) atoms. The van der Waals surface area contributed by atoms with Gasteiger partial charge in [-0.2, -0.15) is 4.99 Å². The van der Waals surface area contributed by atoms with Gasteiger partial charge in [0.05, 0.1) is 29.3 Å². The molecule has 0 unspecified atom stereocenters. The van der Waals surface area contributed by atoms with E-state index in [0.29, 0.717) is 16.2 Å². The predicted octanol–water partition coefficient (Wildman–Crippen LogP) is 3.43. The third-order valence-electron chi connectivity index (χ3n) is 5.05. The van der Waals surface area contributed by atoms with Crippen LogP contribution >= 0.6 is 11.3 Å². The smallest absolute Gasteiger partial charge is 0.325 e. The van der Waals surface area contributed by atoms with Crippen molar-refractivity contribution in [1.82, 2.24) is 4.57 Å². The van der Waals surface area contributed by atoms with Gasteiger partial charge in [-0.25, -0.2) is 8.42 Å². The molecule has 0 radical (unpaired) electrons. The van der Waals surface area contributed by atoms with Crippen molar-refractivity contribution in [3.63, 3.8) is 0 Å². The molecule has 0 saturated heterocycles. The number of esters is 1. The summed E-state index contributed by atoms with van der Waals surface area (Å²) in [5.41, 5.74) is 1.32. The molecule has 1 amide bonds. The Balaban J connectivity index is 1.58. The molecular weight excluding hydrogens is 490 g/mol. The molecule has 0 aliphatic carbocycles. The van der Waals surface area contributed by atoms with Gasteiger partial charge in [0.25, 0.3) is 15.9 Å². The third-order valence-corrected chi connectivity index (χ3v) is 7.51. The van der Waals surface area contributed by atoms with Crippen LogP contribution in [0.3, 0.4) is 0 Å². The van der Waals surface area contributed by atoms with Gasteiger partial charge in [0.1, 0.15) is 12.3 Å². The number of rotatable bonds is 7.